The Bertz CT molecular complexity index is 765. The van der Waals surface area contributed by atoms with Crippen molar-refractivity contribution in [2.24, 2.45) is 5.92 Å². The van der Waals surface area contributed by atoms with Crippen molar-refractivity contribution in [3.8, 4) is 0 Å². The highest BCUT2D eigenvalue weighted by atomic mass is 16.7. The fraction of sp³-hybridized carbons (Fsp3) is 0.739. The molecule has 1 aliphatic rings. The van der Waals surface area contributed by atoms with E-state index in [0.717, 1.165) is 37.5 Å². The summed E-state index contributed by atoms with van der Waals surface area (Å²) in [5.74, 6) is 0.444. The van der Waals surface area contributed by atoms with E-state index in [1.54, 1.807) is 46.6 Å². The molecule has 0 aromatic carbocycles. The lowest BCUT2D eigenvalue weighted by Crippen LogP contribution is -2.48. The summed E-state index contributed by atoms with van der Waals surface area (Å²) in [6.45, 7) is 16.0. The molecule has 0 bridgehead atoms. The van der Waals surface area contributed by atoms with Gasteiger partial charge in [-0.3, -0.25) is 9.63 Å². The van der Waals surface area contributed by atoms with Gasteiger partial charge >= 0.3 is 6.09 Å². The Morgan fingerprint density at radius 3 is 2.22 bits per heavy atom. The Labute approximate surface area is 192 Å². The maximum Gasteiger partial charge on any atom is 0.439 e. The number of ether oxygens (including phenoxy) is 1. The first-order valence-electron chi connectivity index (χ1n) is 11.3. The molecule has 32 heavy (non-hydrogen) atoms. The highest BCUT2D eigenvalue weighted by Crippen LogP contribution is 2.24. The smallest absolute Gasteiger partial charge is 0.439 e. The van der Waals surface area contributed by atoms with Gasteiger partial charge in [0.1, 0.15) is 17.6 Å². The maximum absolute atomic E-state index is 12.9. The van der Waals surface area contributed by atoms with Gasteiger partial charge in [0, 0.05) is 32.7 Å². The quantitative estimate of drug-likeness (QED) is 0.590. The van der Waals surface area contributed by atoms with E-state index in [-0.39, 0.29) is 18.6 Å². The fourth-order valence-electron chi connectivity index (χ4n) is 3.82. The Hall–Kier alpha value is -2.26. The van der Waals surface area contributed by atoms with Crippen LogP contribution in [0.4, 0.5) is 10.5 Å². The number of hydrogen-bond donors (Lipinski definition) is 0. The Kier molecular flexibility index (Phi) is 8.98. The Morgan fingerprint density at radius 1 is 1.16 bits per heavy atom. The molecular weight excluding hydrogens is 410 g/mol. The molecule has 1 saturated heterocycles. The van der Waals surface area contributed by atoms with E-state index < -0.39 is 11.7 Å². The number of aryl methyl sites for hydroxylation is 2. The van der Waals surface area contributed by atoms with Gasteiger partial charge in [0.15, 0.2) is 6.61 Å². The molecule has 0 N–H and O–H groups in total. The zero-order valence-corrected chi connectivity index (χ0v) is 20.8. The summed E-state index contributed by atoms with van der Waals surface area (Å²) >= 11 is 0. The highest BCUT2D eigenvalue weighted by Gasteiger charge is 2.30. The first kappa shape index (κ1) is 26.0. The van der Waals surface area contributed by atoms with E-state index >= 15 is 0 Å². The van der Waals surface area contributed by atoms with Crippen molar-refractivity contribution in [1.82, 2.24) is 19.8 Å². The van der Waals surface area contributed by atoms with Crippen molar-refractivity contribution in [3.63, 3.8) is 0 Å². The van der Waals surface area contributed by atoms with Gasteiger partial charge in [-0.05, 0) is 53.4 Å². The summed E-state index contributed by atoms with van der Waals surface area (Å²) in [5, 5.41) is 1.01. The predicted molar refractivity (Wildman–Crippen MR) is 123 cm³/mol. The topological polar surface area (TPSA) is 88.1 Å². The molecule has 1 fully saturated rings. The van der Waals surface area contributed by atoms with E-state index in [0.29, 0.717) is 23.0 Å². The zero-order valence-electron chi connectivity index (χ0n) is 20.8. The van der Waals surface area contributed by atoms with Crippen molar-refractivity contribution in [2.75, 3.05) is 38.4 Å². The fourth-order valence-corrected chi connectivity index (χ4v) is 3.82. The number of piperidine rings is 1. The van der Waals surface area contributed by atoms with Crippen molar-refractivity contribution in [2.45, 2.75) is 73.0 Å². The number of anilines is 1. The van der Waals surface area contributed by atoms with Crippen molar-refractivity contribution in [3.05, 3.63) is 17.7 Å². The van der Waals surface area contributed by atoms with E-state index in [4.69, 9.17) is 9.57 Å². The van der Waals surface area contributed by atoms with Gasteiger partial charge in [0.2, 0.25) is 0 Å². The Morgan fingerprint density at radius 2 is 1.72 bits per heavy atom. The maximum atomic E-state index is 12.9. The number of rotatable bonds is 7. The average molecular weight is 450 g/mol. The summed E-state index contributed by atoms with van der Waals surface area (Å²) < 4.78 is 5.49. The molecule has 2 amide bonds. The second-order valence-corrected chi connectivity index (χ2v) is 9.87. The third-order valence-corrected chi connectivity index (χ3v) is 5.39. The second kappa shape index (κ2) is 11.0. The largest absolute Gasteiger partial charge is 0.442 e. The van der Waals surface area contributed by atoms with Crippen LogP contribution in [0.15, 0.2) is 6.33 Å². The predicted octanol–water partition coefficient (Wildman–Crippen LogP) is 3.35. The molecule has 0 atom stereocenters. The molecule has 9 nitrogen and oxygen atoms in total. The molecular formula is C23H39N5O4. The minimum atomic E-state index is -0.721. The van der Waals surface area contributed by atoms with Crippen LogP contribution < -0.4 is 5.06 Å². The van der Waals surface area contributed by atoms with Gasteiger partial charge in [0.25, 0.3) is 5.91 Å². The number of likely N-dealkylation sites (N-methyl/N-ethyl adjacent to an activating group) is 1. The molecule has 0 aliphatic carbocycles. The molecule has 2 rings (SSSR count). The number of carbonyl (C=O) groups is 2. The van der Waals surface area contributed by atoms with Gasteiger partial charge in [-0.15, -0.1) is 5.06 Å². The van der Waals surface area contributed by atoms with E-state index in [2.05, 4.69) is 28.7 Å². The zero-order chi connectivity index (χ0) is 24.1. The average Bonchev–Trinajstić information content (AvgIpc) is 2.68. The molecule has 9 heteroatoms. The molecule has 0 radical (unpaired) electrons. The highest BCUT2D eigenvalue weighted by molar-refractivity contribution is 5.87. The van der Waals surface area contributed by atoms with E-state index in [1.165, 1.54) is 6.33 Å². The molecule has 180 valence electrons. The van der Waals surface area contributed by atoms with Crippen molar-refractivity contribution in [1.29, 1.82) is 0 Å². The molecule has 2 heterocycles. The normalized spacial score (nSPS) is 15.7. The monoisotopic (exact) mass is 449 g/mol. The van der Waals surface area contributed by atoms with E-state index in [1.807, 2.05) is 0 Å². The van der Waals surface area contributed by atoms with E-state index in [9.17, 15) is 9.59 Å². The number of amides is 2. The lowest BCUT2D eigenvalue weighted by Gasteiger charge is -2.37. The van der Waals surface area contributed by atoms with Crippen LogP contribution in [0.3, 0.4) is 0 Å². The van der Waals surface area contributed by atoms with Crippen LogP contribution in [0.5, 0.6) is 0 Å². The van der Waals surface area contributed by atoms with Crippen LogP contribution in [-0.2, 0) is 14.4 Å². The number of nitrogens with zero attached hydrogens (tertiary/aromatic N) is 5. The second-order valence-electron chi connectivity index (χ2n) is 9.87. The minimum Gasteiger partial charge on any atom is -0.442 e. The van der Waals surface area contributed by atoms with Gasteiger partial charge in [0.05, 0.1) is 11.4 Å². The molecule has 0 saturated carbocycles. The lowest BCUT2D eigenvalue weighted by molar-refractivity contribution is -0.138. The van der Waals surface area contributed by atoms with Crippen molar-refractivity contribution < 1.29 is 19.2 Å². The van der Waals surface area contributed by atoms with Gasteiger partial charge in [-0.1, -0.05) is 13.8 Å². The number of hydroxylamine groups is 1. The van der Waals surface area contributed by atoms with Crippen LogP contribution >= 0.6 is 0 Å². The van der Waals surface area contributed by atoms with Crippen LogP contribution in [0.2, 0.25) is 0 Å². The third kappa shape index (κ3) is 7.41. The van der Waals surface area contributed by atoms with Gasteiger partial charge < -0.3 is 14.5 Å². The molecule has 1 aromatic heterocycles. The summed E-state index contributed by atoms with van der Waals surface area (Å²) in [4.78, 5) is 44.0. The third-order valence-electron chi connectivity index (χ3n) is 5.39. The van der Waals surface area contributed by atoms with Crippen LogP contribution in [0, 0.1) is 19.8 Å². The van der Waals surface area contributed by atoms with Crippen LogP contribution in [-0.4, -0.2) is 76.7 Å². The van der Waals surface area contributed by atoms with Crippen LogP contribution in [0.1, 0.15) is 58.8 Å². The first-order valence-corrected chi connectivity index (χ1v) is 11.3. The number of hydrogen-bond acceptors (Lipinski definition) is 7. The molecule has 1 aliphatic heterocycles. The first-order chi connectivity index (χ1) is 14.9. The van der Waals surface area contributed by atoms with Gasteiger partial charge in [-0.2, -0.15) is 0 Å². The lowest BCUT2D eigenvalue weighted by atomic mass is 10.0. The van der Waals surface area contributed by atoms with Gasteiger partial charge in [-0.25, -0.2) is 14.8 Å². The van der Waals surface area contributed by atoms with Crippen LogP contribution in [0.25, 0.3) is 0 Å². The summed E-state index contributed by atoms with van der Waals surface area (Å²) in [5.41, 5.74) is 0.781. The SMILES string of the molecule is Cc1ncnc(C)c1N(OCC(=O)N(C)C1CCN(CC(C)C)CC1)C(=O)OC(C)(C)C. The summed E-state index contributed by atoms with van der Waals surface area (Å²) in [6.07, 6.45) is 2.56. The molecule has 0 unspecified atom stereocenters. The number of aromatic nitrogens is 2. The van der Waals surface area contributed by atoms with Crippen molar-refractivity contribution >= 4 is 17.7 Å². The molecule has 1 aromatic rings. The number of carbonyl (C=O) groups excluding carboxylic acids is 2. The molecule has 0 spiro atoms. The summed E-state index contributed by atoms with van der Waals surface area (Å²) in [6, 6.07) is 0.160. The summed E-state index contributed by atoms with van der Waals surface area (Å²) in [7, 11) is 1.80. The minimum absolute atomic E-state index is 0.160. The standard InChI is InChI=1S/C23H39N5O4/c1-16(2)13-27-11-9-19(10-12-27)26(8)20(29)14-31-28(22(30)32-23(5,6)7)21-17(3)24-15-25-18(21)4/h15-16,19H,9-14H2,1-8H3. The Balaban J connectivity index is 2.05. The number of likely N-dealkylation sites (tertiary alicyclic amines) is 1.